The molecule has 0 aliphatic carbocycles. The van der Waals surface area contributed by atoms with Crippen molar-refractivity contribution in [3.05, 3.63) is 62.5 Å². The van der Waals surface area contributed by atoms with Crippen LogP contribution < -0.4 is 9.47 Å². The summed E-state index contributed by atoms with van der Waals surface area (Å²) in [6.07, 6.45) is 1.83. The number of aliphatic imine (C=N–C) groups is 1. The number of hydrogen-bond acceptors (Lipinski definition) is 6. The normalized spacial score (nSPS) is 16.0. The average molecular weight is 533 g/mol. The molecule has 1 saturated heterocycles. The molecule has 0 spiro atoms. The summed E-state index contributed by atoms with van der Waals surface area (Å²) in [6, 6.07) is 10.2. The number of amidine groups is 1. The Morgan fingerprint density at radius 1 is 1.15 bits per heavy atom. The van der Waals surface area contributed by atoms with Gasteiger partial charge in [-0.25, -0.2) is 4.79 Å². The van der Waals surface area contributed by atoms with E-state index >= 15 is 0 Å². The van der Waals surface area contributed by atoms with Crippen molar-refractivity contribution in [3.8, 4) is 11.5 Å². The van der Waals surface area contributed by atoms with Gasteiger partial charge in [0.1, 0.15) is 6.61 Å². The molecule has 9 heteroatoms. The number of carbonyl (C=O) groups is 2. The molecule has 3 rings (SSSR count). The Morgan fingerprint density at radius 3 is 2.45 bits per heavy atom. The van der Waals surface area contributed by atoms with Crippen molar-refractivity contribution in [2.45, 2.75) is 27.4 Å². The zero-order valence-electron chi connectivity index (χ0n) is 18.6. The Bertz CT molecular complexity index is 1100. The number of ether oxygens (including phenoxy) is 2. The van der Waals surface area contributed by atoms with Crippen LogP contribution in [0.1, 0.15) is 42.3 Å². The van der Waals surface area contributed by atoms with Gasteiger partial charge in [0, 0.05) is 17.6 Å². The van der Waals surface area contributed by atoms with Gasteiger partial charge in [0.2, 0.25) is 0 Å². The predicted octanol–water partition coefficient (Wildman–Crippen LogP) is 5.44. The molecule has 0 saturated carbocycles. The van der Waals surface area contributed by atoms with Gasteiger partial charge in [-0.2, -0.15) is 0 Å². The van der Waals surface area contributed by atoms with Crippen molar-refractivity contribution in [2.75, 3.05) is 19.7 Å². The van der Waals surface area contributed by atoms with E-state index in [1.165, 1.54) is 11.8 Å². The zero-order valence-corrected chi connectivity index (χ0v) is 21.0. The highest BCUT2D eigenvalue weighted by Crippen LogP contribution is 2.38. The van der Waals surface area contributed by atoms with E-state index in [0.717, 1.165) is 15.6 Å². The second-order valence-corrected chi connectivity index (χ2v) is 8.82. The van der Waals surface area contributed by atoms with Crippen LogP contribution in [0.15, 0.2) is 50.8 Å². The minimum atomic E-state index is -0.969. The fourth-order valence-corrected chi connectivity index (χ4v) is 4.66. The number of nitrogens with zero attached hydrogens (tertiary/aromatic N) is 2. The second kappa shape index (κ2) is 11.4. The van der Waals surface area contributed by atoms with Crippen LogP contribution in [0.5, 0.6) is 11.5 Å². The molecule has 1 fully saturated rings. The zero-order chi connectivity index (χ0) is 24.0. The summed E-state index contributed by atoms with van der Waals surface area (Å²) in [7, 11) is 0. The fourth-order valence-electron chi connectivity index (χ4n) is 3.13. The van der Waals surface area contributed by atoms with E-state index in [2.05, 4.69) is 20.9 Å². The van der Waals surface area contributed by atoms with Gasteiger partial charge in [-0.3, -0.25) is 14.7 Å². The molecule has 7 nitrogen and oxygen atoms in total. The molecule has 0 radical (unpaired) electrons. The smallest absolute Gasteiger partial charge is 0.335 e. The third-order valence-electron chi connectivity index (χ3n) is 4.74. The maximum absolute atomic E-state index is 12.8. The highest BCUT2D eigenvalue weighted by molar-refractivity contribution is 9.10. The van der Waals surface area contributed by atoms with Crippen LogP contribution >= 0.6 is 27.7 Å². The summed E-state index contributed by atoms with van der Waals surface area (Å²) in [6.45, 7) is 7.64. The quantitative estimate of drug-likeness (QED) is 0.432. The van der Waals surface area contributed by atoms with Gasteiger partial charge in [0.15, 0.2) is 16.7 Å². The third-order valence-corrected chi connectivity index (χ3v) is 6.47. The first kappa shape index (κ1) is 24.9. The Hall–Kier alpha value is -2.78. The lowest BCUT2D eigenvalue weighted by Crippen LogP contribution is -2.28. The van der Waals surface area contributed by atoms with Gasteiger partial charge >= 0.3 is 5.97 Å². The first-order valence-corrected chi connectivity index (χ1v) is 12.2. The summed E-state index contributed by atoms with van der Waals surface area (Å²) in [5.41, 5.74) is 1.85. The standard InChI is InChI=1S/C24H25BrN2O5S/c1-4-26-24-27(5-2)22(28)21(33-24)12-17-11-19(31-6-3)20(13-18(17)25)32-14-15-7-9-16(10-8-15)23(29)30/h7-13H,4-6,14H2,1-3H3,(H,29,30)/b21-12-,26-24?. The Kier molecular flexibility index (Phi) is 8.57. The summed E-state index contributed by atoms with van der Waals surface area (Å²) in [5, 5.41) is 9.75. The molecular weight excluding hydrogens is 508 g/mol. The largest absolute Gasteiger partial charge is 0.490 e. The van der Waals surface area contributed by atoms with Gasteiger partial charge in [0.25, 0.3) is 5.91 Å². The van der Waals surface area contributed by atoms with Gasteiger partial charge in [-0.15, -0.1) is 0 Å². The SMILES string of the molecule is CCN=C1S/C(=C\c2cc(OCC)c(OCc3ccc(C(=O)O)cc3)cc2Br)C(=O)N1CC. The molecule has 0 atom stereocenters. The van der Waals surface area contributed by atoms with Crippen molar-refractivity contribution in [3.63, 3.8) is 0 Å². The summed E-state index contributed by atoms with van der Waals surface area (Å²) < 4.78 is 12.5. The lowest BCUT2D eigenvalue weighted by Gasteiger charge is -2.14. The van der Waals surface area contributed by atoms with Crippen LogP contribution in [0.4, 0.5) is 0 Å². The van der Waals surface area contributed by atoms with Crippen LogP contribution in [0, 0.1) is 0 Å². The summed E-state index contributed by atoms with van der Waals surface area (Å²) >= 11 is 4.95. The van der Waals surface area contributed by atoms with E-state index in [1.54, 1.807) is 29.2 Å². The van der Waals surface area contributed by atoms with Crippen LogP contribution in [0.2, 0.25) is 0 Å². The van der Waals surface area contributed by atoms with E-state index in [-0.39, 0.29) is 18.1 Å². The Labute approximate surface area is 205 Å². The van der Waals surface area contributed by atoms with Crippen molar-refractivity contribution in [2.24, 2.45) is 4.99 Å². The van der Waals surface area contributed by atoms with Crippen LogP contribution in [-0.4, -0.2) is 46.7 Å². The van der Waals surface area contributed by atoms with E-state index in [4.69, 9.17) is 14.6 Å². The molecule has 0 bridgehead atoms. The van der Waals surface area contributed by atoms with E-state index in [0.29, 0.717) is 41.3 Å². The molecule has 1 aliphatic heterocycles. The number of thioether (sulfide) groups is 1. The van der Waals surface area contributed by atoms with E-state index in [9.17, 15) is 9.59 Å². The number of rotatable bonds is 9. The molecule has 1 N–H and O–H groups in total. The lowest BCUT2D eigenvalue weighted by atomic mass is 10.1. The maximum Gasteiger partial charge on any atom is 0.335 e. The van der Waals surface area contributed by atoms with Gasteiger partial charge < -0.3 is 14.6 Å². The van der Waals surface area contributed by atoms with Crippen LogP contribution in [0.3, 0.4) is 0 Å². The number of carboxylic acids is 1. The molecule has 2 aromatic rings. The lowest BCUT2D eigenvalue weighted by molar-refractivity contribution is -0.122. The first-order chi connectivity index (χ1) is 15.9. The highest BCUT2D eigenvalue weighted by atomic mass is 79.9. The minimum Gasteiger partial charge on any atom is -0.490 e. The fraction of sp³-hybridized carbons (Fsp3) is 0.292. The third kappa shape index (κ3) is 5.97. The summed E-state index contributed by atoms with van der Waals surface area (Å²) in [4.78, 5) is 30.5. The highest BCUT2D eigenvalue weighted by Gasteiger charge is 2.32. The Balaban J connectivity index is 1.85. The topological polar surface area (TPSA) is 88.4 Å². The molecule has 1 aliphatic rings. The number of halogens is 1. The number of likely N-dealkylation sites (N-methyl/N-ethyl adjacent to an activating group) is 1. The number of benzene rings is 2. The molecule has 1 heterocycles. The first-order valence-electron chi connectivity index (χ1n) is 10.5. The van der Waals surface area contributed by atoms with E-state index < -0.39 is 5.97 Å². The Morgan fingerprint density at radius 2 is 1.85 bits per heavy atom. The predicted molar refractivity (Wildman–Crippen MR) is 134 cm³/mol. The molecule has 0 unspecified atom stereocenters. The van der Waals surface area contributed by atoms with Gasteiger partial charge in [0.05, 0.1) is 17.1 Å². The molecule has 1 amide bonds. The number of hydrogen-bond donors (Lipinski definition) is 1. The molecular formula is C24H25BrN2O5S. The number of carbonyl (C=O) groups excluding carboxylic acids is 1. The van der Waals surface area contributed by atoms with E-state index in [1.807, 2.05) is 39.0 Å². The average Bonchev–Trinajstić information content (AvgIpc) is 3.09. The number of aromatic carboxylic acids is 1. The van der Waals surface area contributed by atoms with Crippen molar-refractivity contribution in [1.29, 1.82) is 0 Å². The molecule has 2 aromatic carbocycles. The molecule has 33 heavy (non-hydrogen) atoms. The van der Waals surface area contributed by atoms with Crippen molar-refractivity contribution < 1.29 is 24.2 Å². The number of carboxylic acid groups (broad SMARTS) is 1. The molecule has 174 valence electrons. The molecule has 0 aromatic heterocycles. The monoisotopic (exact) mass is 532 g/mol. The van der Waals surface area contributed by atoms with Crippen LogP contribution in [-0.2, 0) is 11.4 Å². The minimum absolute atomic E-state index is 0.0651. The second-order valence-electron chi connectivity index (χ2n) is 6.96. The van der Waals surface area contributed by atoms with Gasteiger partial charge in [-0.1, -0.05) is 28.1 Å². The maximum atomic E-state index is 12.8. The number of amides is 1. The van der Waals surface area contributed by atoms with Crippen molar-refractivity contribution in [1.82, 2.24) is 4.90 Å². The summed E-state index contributed by atoms with van der Waals surface area (Å²) in [5.74, 6) is 0.0652. The van der Waals surface area contributed by atoms with Gasteiger partial charge in [-0.05, 0) is 74.0 Å². The van der Waals surface area contributed by atoms with Crippen LogP contribution in [0.25, 0.3) is 6.08 Å². The van der Waals surface area contributed by atoms with Crippen molar-refractivity contribution >= 4 is 50.8 Å².